The summed E-state index contributed by atoms with van der Waals surface area (Å²) < 4.78 is 0. The Morgan fingerprint density at radius 3 is 1.78 bits per heavy atom. The zero-order valence-corrected chi connectivity index (χ0v) is 17.3. The Labute approximate surface area is 186 Å². The van der Waals surface area contributed by atoms with E-state index < -0.39 is 0 Å². The number of amides is 1. The zero-order valence-electron chi connectivity index (χ0n) is 17.3. The fourth-order valence-corrected chi connectivity index (χ4v) is 4.85. The fourth-order valence-electron chi connectivity index (χ4n) is 4.85. The van der Waals surface area contributed by atoms with Crippen LogP contribution in [0.5, 0.6) is 0 Å². The maximum absolute atomic E-state index is 13.3. The van der Waals surface area contributed by atoms with Gasteiger partial charge in [-0.15, -0.1) is 0 Å². The van der Waals surface area contributed by atoms with Crippen molar-refractivity contribution in [2.75, 3.05) is 0 Å². The fraction of sp³-hybridized carbons (Fsp3) is 0.0345. The number of hydrogen-bond donors (Lipinski definition) is 1. The first kappa shape index (κ1) is 18.5. The molecule has 1 amide bonds. The van der Waals surface area contributed by atoms with E-state index in [1.165, 1.54) is 0 Å². The Morgan fingerprint density at radius 2 is 1.19 bits per heavy atom. The van der Waals surface area contributed by atoms with Crippen LogP contribution >= 0.6 is 0 Å². The summed E-state index contributed by atoms with van der Waals surface area (Å²) in [6.45, 7) is 0. The molecule has 152 valence electrons. The lowest BCUT2D eigenvalue weighted by Gasteiger charge is -2.12. The number of nitrogens with zero attached hydrogens (tertiary/aromatic N) is 1. The topological polar surface area (TPSA) is 41.5 Å². The highest BCUT2D eigenvalue weighted by molar-refractivity contribution is 6.13. The Balaban J connectivity index is 1.37. The van der Waals surface area contributed by atoms with Crippen molar-refractivity contribution in [3.05, 3.63) is 120 Å². The first-order valence-electron chi connectivity index (χ1n) is 10.7. The van der Waals surface area contributed by atoms with Crippen LogP contribution in [-0.2, 0) is 4.79 Å². The highest BCUT2D eigenvalue weighted by Crippen LogP contribution is 2.44. The lowest BCUT2D eigenvalue weighted by Crippen LogP contribution is -2.25. The van der Waals surface area contributed by atoms with Gasteiger partial charge in [-0.1, -0.05) is 97.1 Å². The lowest BCUT2D eigenvalue weighted by atomic mass is 9.96. The van der Waals surface area contributed by atoms with Gasteiger partial charge in [0.15, 0.2) is 0 Å². The van der Waals surface area contributed by atoms with E-state index in [0.717, 1.165) is 49.4 Å². The van der Waals surface area contributed by atoms with Crippen molar-refractivity contribution >= 4 is 33.7 Å². The second kappa shape index (κ2) is 7.47. The Morgan fingerprint density at radius 1 is 0.688 bits per heavy atom. The van der Waals surface area contributed by atoms with E-state index in [0.29, 0.717) is 0 Å². The number of fused-ring (bicyclic) bond motifs is 5. The second-order valence-electron chi connectivity index (χ2n) is 8.07. The monoisotopic (exact) mass is 412 g/mol. The summed E-state index contributed by atoms with van der Waals surface area (Å²) in [6.07, 6.45) is 1.77. The molecule has 5 aromatic carbocycles. The smallest absolute Gasteiger partial charge is 0.252 e. The Bertz CT molecular complexity index is 1430. The maximum Gasteiger partial charge on any atom is 0.252 e. The van der Waals surface area contributed by atoms with E-state index >= 15 is 0 Å². The molecule has 0 fully saturated rings. The molecule has 0 spiro atoms. The summed E-state index contributed by atoms with van der Waals surface area (Å²) in [5, 5.41) is 8.93. The van der Waals surface area contributed by atoms with Gasteiger partial charge >= 0.3 is 0 Å². The molecule has 0 atom stereocenters. The molecule has 0 aromatic heterocycles. The molecule has 3 heteroatoms. The van der Waals surface area contributed by atoms with Gasteiger partial charge in [0.05, 0.1) is 12.1 Å². The van der Waals surface area contributed by atoms with Gasteiger partial charge in [-0.05, 0) is 49.9 Å². The highest BCUT2D eigenvalue weighted by Gasteiger charge is 2.33. The summed E-state index contributed by atoms with van der Waals surface area (Å²) in [5.41, 5.74) is 8.11. The van der Waals surface area contributed by atoms with E-state index in [9.17, 15) is 4.79 Å². The molecule has 3 nitrogen and oxygen atoms in total. The molecule has 6 rings (SSSR count). The van der Waals surface area contributed by atoms with E-state index in [4.69, 9.17) is 0 Å². The van der Waals surface area contributed by atoms with Gasteiger partial charge in [0.2, 0.25) is 0 Å². The van der Waals surface area contributed by atoms with Crippen LogP contribution in [0.2, 0.25) is 0 Å². The van der Waals surface area contributed by atoms with Crippen molar-refractivity contribution < 1.29 is 4.79 Å². The van der Waals surface area contributed by atoms with Gasteiger partial charge in [0, 0.05) is 5.56 Å². The molecule has 0 saturated heterocycles. The van der Waals surface area contributed by atoms with E-state index in [1.807, 2.05) is 60.7 Å². The van der Waals surface area contributed by atoms with E-state index in [2.05, 4.69) is 53.0 Å². The van der Waals surface area contributed by atoms with Crippen molar-refractivity contribution in [3.63, 3.8) is 0 Å². The number of hydrazone groups is 1. The number of hydrogen-bond acceptors (Lipinski definition) is 2. The minimum atomic E-state index is -0.358. The summed E-state index contributed by atoms with van der Waals surface area (Å²) >= 11 is 0. The molecule has 1 N–H and O–H groups in total. The van der Waals surface area contributed by atoms with Crippen LogP contribution in [0.1, 0.15) is 22.6 Å². The second-order valence-corrected chi connectivity index (χ2v) is 8.07. The summed E-state index contributed by atoms with van der Waals surface area (Å²) in [4.78, 5) is 13.3. The van der Waals surface area contributed by atoms with Crippen molar-refractivity contribution in [2.24, 2.45) is 5.10 Å². The van der Waals surface area contributed by atoms with Crippen molar-refractivity contribution in [2.45, 2.75) is 5.92 Å². The molecule has 0 bridgehead atoms. The predicted molar refractivity (Wildman–Crippen MR) is 131 cm³/mol. The molecule has 0 radical (unpaired) electrons. The highest BCUT2D eigenvalue weighted by atomic mass is 16.2. The molecule has 1 aliphatic rings. The molecule has 1 aliphatic carbocycles. The zero-order chi connectivity index (χ0) is 21.5. The predicted octanol–water partition coefficient (Wildman–Crippen LogP) is 6.26. The van der Waals surface area contributed by atoms with Gasteiger partial charge in [-0.25, -0.2) is 5.43 Å². The normalized spacial score (nSPS) is 12.9. The van der Waals surface area contributed by atoms with Gasteiger partial charge in [-0.3, -0.25) is 4.79 Å². The number of carbonyl (C=O) groups excluding carboxylic acids is 1. The third-order valence-corrected chi connectivity index (χ3v) is 6.28. The van der Waals surface area contributed by atoms with E-state index in [1.54, 1.807) is 6.21 Å². The molecular weight excluding hydrogens is 392 g/mol. The molecule has 0 heterocycles. The van der Waals surface area contributed by atoms with Crippen molar-refractivity contribution in [3.8, 4) is 11.1 Å². The van der Waals surface area contributed by atoms with Gasteiger partial charge in [0.25, 0.3) is 5.91 Å². The first-order chi connectivity index (χ1) is 15.8. The largest absolute Gasteiger partial charge is 0.272 e. The third-order valence-electron chi connectivity index (χ3n) is 6.28. The van der Waals surface area contributed by atoms with E-state index in [-0.39, 0.29) is 11.8 Å². The van der Waals surface area contributed by atoms with Gasteiger partial charge < -0.3 is 0 Å². The van der Waals surface area contributed by atoms with Crippen LogP contribution in [0.4, 0.5) is 0 Å². The number of carbonyl (C=O) groups is 1. The summed E-state index contributed by atoms with van der Waals surface area (Å²) in [7, 11) is 0. The van der Waals surface area contributed by atoms with Gasteiger partial charge in [0.1, 0.15) is 0 Å². The average Bonchev–Trinajstić information content (AvgIpc) is 3.18. The molecule has 0 unspecified atom stereocenters. The number of benzene rings is 5. The minimum absolute atomic E-state index is 0.122. The Hall–Kier alpha value is -4.24. The van der Waals surface area contributed by atoms with Gasteiger partial charge in [-0.2, -0.15) is 5.10 Å². The molecule has 5 aromatic rings. The minimum Gasteiger partial charge on any atom is -0.272 e. The standard InChI is InChI=1S/C29H20N2O/c32-29(28-25-15-7-5-13-23(25)24-14-6-8-16-26(24)28)31-30-18-27-21-11-3-1-9-19(21)17-20-10-2-4-12-22(20)27/h1-18,28H,(H,31,32)/b30-18+. The number of nitrogens with one attached hydrogen (secondary N) is 1. The molecule has 0 saturated carbocycles. The van der Waals surface area contributed by atoms with Crippen LogP contribution in [0.25, 0.3) is 32.7 Å². The quantitative estimate of drug-likeness (QED) is 0.212. The Kier molecular flexibility index (Phi) is 4.32. The molecule has 0 aliphatic heterocycles. The van der Waals surface area contributed by atoms with Crippen LogP contribution in [0, 0.1) is 0 Å². The van der Waals surface area contributed by atoms with Crippen LogP contribution < -0.4 is 5.43 Å². The summed E-state index contributed by atoms with van der Waals surface area (Å²) in [6, 6.07) is 34.9. The first-order valence-corrected chi connectivity index (χ1v) is 10.7. The van der Waals surface area contributed by atoms with Crippen molar-refractivity contribution in [1.82, 2.24) is 5.43 Å². The van der Waals surface area contributed by atoms with Crippen molar-refractivity contribution in [1.29, 1.82) is 0 Å². The lowest BCUT2D eigenvalue weighted by molar-refractivity contribution is -0.121. The van der Waals surface area contributed by atoms with Crippen LogP contribution in [0.3, 0.4) is 0 Å². The summed E-state index contributed by atoms with van der Waals surface area (Å²) in [5.74, 6) is -0.480. The van der Waals surface area contributed by atoms with Crippen LogP contribution in [0.15, 0.2) is 108 Å². The average molecular weight is 412 g/mol. The maximum atomic E-state index is 13.3. The third kappa shape index (κ3) is 2.90. The number of rotatable bonds is 3. The molecular formula is C29H20N2O. The van der Waals surface area contributed by atoms with Crippen LogP contribution in [-0.4, -0.2) is 12.1 Å². The molecule has 32 heavy (non-hydrogen) atoms. The SMILES string of the molecule is O=C(N/N=C/c1c2ccccc2cc2ccccc12)C1c2ccccc2-c2ccccc21.